The summed E-state index contributed by atoms with van der Waals surface area (Å²) in [4.78, 5) is 11.7. The van der Waals surface area contributed by atoms with Gasteiger partial charge in [0.05, 0.1) is 6.54 Å². The van der Waals surface area contributed by atoms with Gasteiger partial charge in [-0.1, -0.05) is 27.5 Å². The van der Waals surface area contributed by atoms with E-state index in [4.69, 9.17) is 16.3 Å². The number of aryl methyl sites for hydroxylation is 1. The van der Waals surface area contributed by atoms with Crippen LogP contribution in [-0.2, 0) is 0 Å². The second-order valence-electron chi connectivity index (χ2n) is 4.65. The number of hydrogen-bond donors (Lipinski definition) is 2. The number of benzene rings is 2. The molecule has 2 aromatic carbocycles. The van der Waals surface area contributed by atoms with Gasteiger partial charge in [-0.05, 0) is 55.0 Å². The number of carbonyl (C=O) groups is 1. The molecule has 0 bridgehead atoms. The van der Waals surface area contributed by atoms with Crippen LogP contribution < -0.4 is 15.4 Å². The van der Waals surface area contributed by atoms with E-state index in [0.29, 0.717) is 18.2 Å². The van der Waals surface area contributed by atoms with Gasteiger partial charge >= 0.3 is 6.03 Å². The molecule has 0 aromatic heterocycles. The lowest BCUT2D eigenvalue weighted by Crippen LogP contribution is -2.32. The van der Waals surface area contributed by atoms with Crippen LogP contribution in [0.2, 0.25) is 5.02 Å². The number of anilines is 1. The lowest BCUT2D eigenvalue weighted by atomic mass is 10.2. The second-order valence-corrected chi connectivity index (χ2v) is 5.97. The Morgan fingerprint density at radius 1 is 1.23 bits per heavy atom. The molecule has 2 amide bonds. The van der Waals surface area contributed by atoms with Crippen molar-refractivity contribution in [2.75, 3.05) is 18.5 Å². The summed E-state index contributed by atoms with van der Waals surface area (Å²) >= 11 is 9.29. The van der Waals surface area contributed by atoms with Gasteiger partial charge in [-0.2, -0.15) is 0 Å². The molecule has 0 aliphatic heterocycles. The predicted molar refractivity (Wildman–Crippen MR) is 92.8 cm³/mol. The molecule has 2 N–H and O–H groups in total. The molecule has 116 valence electrons. The van der Waals surface area contributed by atoms with E-state index in [-0.39, 0.29) is 6.03 Å². The van der Waals surface area contributed by atoms with Crippen molar-refractivity contribution in [1.29, 1.82) is 0 Å². The molecule has 2 rings (SSSR count). The highest BCUT2D eigenvalue weighted by molar-refractivity contribution is 9.10. The smallest absolute Gasteiger partial charge is 0.319 e. The van der Waals surface area contributed by atoms with Gasteiger partial charge in [0.2, 0.25) is 0 Å². The lowest BCUT2D eigenvalue weighted by molar-refractivity contribution is 0.247. The average molecular weight is 384 g/mol. The molecule has 2 aromatic rings. The Labute approximate surface area is 142 Å². The van der Waals surface area contributed by atoms with E-state index in [1.165, 1.54) is 0 Å². The summed E-state index contributed by atoms with van der Waals surface area (Å²) < 4.78 is 6.51. The molecule has 0 aliphatic rings. The third kappa shape index (κ3) is 5.24. The van der Waals surface area contributed by atoms with Crippen molar-refractivity contribution in [2.45, 2.75) is 6.92 Å². The van der Waals surface area contributed by atoms with E-state index in [1.807, 2.05) is 37.3 Å². The monoisotopic (exact) mass is 382 g/mol. The van der Waals surface area contributed by atoms with Crippen LogP contribution in [0.15, 0.2) is 46.9 Å². The molecular formula is C16H16BrClN2O2. The van der Waals surface area contributed by atoms with Crippen molar-refractivity contribution in [2.24, 2.45) is 0 Å². The molecule has 4 nitrogen and oxygen atoms in total. The molecule has 6 heteroatoms. The van der Waals surface area contributed by atoms with Gasteiger partial charge in [-0.25, -0.2) is 4.79 Å². The summed E-state index contributed by atoms with van der Waals surface area (Å²) in [6, 6.07) is 12.6. The van der Waals surface area contributed by atoms with Crippen molar-refractivity contribution in [3.8, 4) is 5.75 Å². The third-order valence-corrected chi connectivity index (χ3v) is 3.84. The minimum absolute atomic E-state index is 0.266. The fourth-order valence-electron chi connectivity index (χ4n) is 1.75. The van der Waals surface area contributed by atoms with Crippen molar-refractivity contribution in [3.05, 3.63) is 57.5 Å². The SMILES string of the molecule is Cc1cc(OCCNC(=O)Nc2ccc(Br)cc2)ccc1Cl. The minimum Gasteiger partial charge on any atom is -0.492 e. The van der Waals surface area contributed by atoms with Gasteiger partial charge < -0.3 is 15.4 Å². The van der Waals surface area contributed by atoms with Gasteiger partial charge in [-0.15, -0.1) is 0 Å². The maximum atomic E-state index is 11.7. The first-order valence-corrected chi connectivity index (χ1v) is 7.91. The standard InChI is InChI=1S/C16H16BrClN2O2/c1-11-10-14(6-7-15(11)18)22-9-8-19-16(21)20-13-4-2-12(17)3-5-13/h2-7,10H,8-9H2,1H3,(H2,19,20,21). The molecule has 0 unspecified atom stereocenters. The summed E-state index contributed by atoms with van der Waals surface area (Å²) in [5, 5.41) is 6.18. The third-order valence-electron chi connectivity index (χ3n) is 2.89. The number of halogens is 2. The highest BCUT2D eigenvalue weighted by Gasteiger charge is 2.02. The van der Waals surface area contributed by atoms with Crippen molar-refractivity contribution in [1.82, 2.24) is 5.32 Å². The topological polar surface area (TPSA) is 50.4 Å². The summed E-state index contributed by atoms with van der Waals surface area (Å²) in [7, 11) is 0. The minimum atomic E-state index is -0.266. The molecule has 0 saturated heterocycles. The quantitative estimate of drug-likeness (QED) is 0.741. The van der Waals surface area contributed by atoms with E-state index in [0.717, 1.165) is 21.5 Å². The van der Waals surface area contributed by atoms with Crippen molar-refractivity contribution in [3.63, 3.8) is 0 Å². The fourth-order valence-corrected chi connectivity index (χ4v) is 2.13. The maximum Gasteiger partial charge on any atom is 0.319 e. The molecule has 0 spiro atoms. The molecular weight excluding hydrogens is 368 g/mol. The van der Waals surface area contributed by atoms with Gasteiger partial charge in [0, 0.05) is 15.2 Å². The number of amides is 2. The number of carbonyl (C=O) groups excluding carboxylic acids is 1. The molecule has 0 saturated carbocycles. The van der Waals surface area contributed by atoms with E-state index < -0.39 is 0 Å². The Morgan fingerprint density at radius 2 is 1.95 bits per heavy atom. The van der Waals surface area contributed by atoms with Crippen LogP contribution in [0.4, 0.5) is 10.5 Å². The van der Waals surface area contributed by atoms with E-state index in [2.05, 4.69) is 26.6 Å². The lowest BCUT2D eigenvalue weighted by Gasteiger charge is -2.10. The molecule has 0 aliphatic carbocycles. The summed E-state index contributed by atoms with van der Waals surface area (Å²) in [6.07, 6.45) is 0. The Morgan fingerprint density at radius 3 is 2.64 bits per heavy atom. The van der Waals surface area contributed by atoms with Crippen molar-refractivity contribution < 1.29 is 9.53 Å². The van der Waals surface area contributed by atoms with Crippen LogP contribution in [0.3, 0.4) is 0 Å². The Bertz CT molecular complexity index is 647. The molecule has 0 heterocycles. The zero-order valence-corrected chi connectivity index (χ0v) is 14.4. The number of hydrogen-bond acceptors (Lipinski definition) is 2. The second kappa shape index (κ2) is 8.06. The Balaban J connectivity index is 1.70. The van der Waals surface area contributed by atoms with Crippen LogP contribution in [0.5, 0.6) is 5.75 Å². The van der Waals surface area contributed by atoms with Crippen LogP contribution in [0.1, 0.15) is 5.56 Å². The molecule has 0 atom stereocenters. The van der Waals surface area contributed by atoms with Gasteiger partial charge in [0.15, 0.2) is 0 Å². The number of nitrogens with one attached hydrogen (secondary N) is 2. The first kappa shape index (κ1) is 16.6. The summed E-state index contributed by atoms with van der Waals surface area (Å²) in [6.45, 7) is 2.71. The number of urea groups is 1. The van der Waals surface area contributed by atoms with Gasteiger partial charge in [0.25, 0.3) is 0 Å². The average Bonchev–Trinajstić information content (AvgIpc) is 2.49. The first-order chi connectivity index (χ1) is 10.5. The maximum absolute atomic E-state index is 11.7. The van der Waals surface area contributed by atoms with Crippen molar-refractivity contribution >= 4 is 39.2 Å². The zero-order chi connectivity index (χ0) is 15.9. The summed E-state index contributed by atoms with van der Waals surface area (Å²) in [5.74, 6) is 0.733. The molecule has 0 fully saturated rings. The van der Waals surface area contributed by atoms with E-state index in [1.54, 1.807) is 12.1 Å². The fraction of sp³-hybridized carbons (Fsp3) is 0.188. The number of ether oxygens (including phenoxy) is 1. The van der Waals surface area contributed by atoms with E-state index >= 15 is 0 Å². The normalized spacial score (nSPS) is 10.1. The molecule has 22 heavy (non-hydrogen) atoms. The van der Waals surface area contributed by atoms with Crippen LogP contribution in [-0.4, -0.2) is 19.2 Å². The Hall–Kier alpha value is -1.72. The van der Waals surface area contributed by atoms with Crippen LogP contribution in [0.25, 0.3) is 0 Å². The number of rotatable bonds is 5. The highest BCUT2D eigenvalue weighted by Crippen LogP contribution is 2.20. The predicted octanol–water partition coefficient (Wildman–Crippen LogP) is 4.61. The first-order valence-electron chi connectivity index (χ1n) is 6.74. The van der Waals surface area contributed by atoms with Crippen LogP contribution in [0, 0.1) is 6.92 Å². The highest BCUT2D eigenvalue weighted by atomic mass is 79.9. The molecule has 0 radical (unpaired) electrons. The zero-order valence-electron chi connectivity index (χ0n) is 12.0. The largest absolute Gasteiger partial charge is 0.492 e. The van der Waals surface area contributed by atoms with Gasteiger partial charge in [0.1, 0.15) is 12.4 Å². The van der Waals surface area contributed by atoms with E-state index in [9.17, 15) is 4.79 Å². The van der Waals surface area contributed by atoms with Crippen LogP contribution >= 0.6 is 27.5 Å². The Kier molecular flexibility index (Phi) is 6.10. The van der Waals surface area contributed by atoms with Gasteiger partial charge in [-0.3, -0.25) is 0 Å². The summed E-state index contributed by atoms with van der Waals surface area (Å²) in [5.41, 5.74) is 1.69.